The fraction of sp³-hybridized carbons (Fsp3) is 0.429. The first kappa shape index (κ1) is 12.6. The molecule has 4 nitrogen and oxygen atoms in total. The van der Waals surface area contributed by atoms with E-state index < -0.39 is 12.1 Å². The summed E-state index contributed by atoms with van der Waals surface area (Å²) in [5, 5.41) is 18.7. The summed E-state index contributed by atoms with van der Waals surface area (Å²) < 4.78 is 0. The van der Waals surface area contributed by atoms with E-state index >= 15 is 0 Å². The Labute approximate surface area is 106 Å². The molecule has 0 spiro atoms. The van der Waals surface area contributed by atoms with Gasteiger partial charge in [0.15, 0.2) is 0 Å². The van der Waals surface area contributed by atoms with Gasteiger partial charge in [-0.05, 0) is 18.4 Å². The highest BCUT2D eigenvalue weighted by Gasteiger charge is 2.34. The molecule has 1 aliphatic heterocycles. The van der Waals surface area contributed by atoms with Gasteiger partial charge in [-0.25, -0.2) is 0 Å². The number of rotatable bonds is 3. The monoisotopic (exact) mass is 244 g/mol. The molecule has 0 saturated carbocycles. The number of benzene rings is 1. The zero-order valence-corrected chi connectivity index (χ0v) is 10.1. The van der Waals surface area contributed by atoms with E-state index in [-0.39, 0.29) is 12.5 Å². The smallest absolute Gasteiger partial charge is 0.224 e. The molecular weight excluding hydrogens is 228 g/mol. The Kier molecular flexibility index (Phi) is 3.96. The number of nitriles is 1. The van der Waals surface area contributed by atoms with Crippen LogP contribution in [0.3, 0.4) is 0 Å². The molecule has 0 bridgehead atoms. The van der Waals surface area contributed by atoms with Crippen molar-refractivity contribution in [1.82, 2.24) is 4.90 Å². The van der Waals surface area contributed by atoms with Crippen LogP contribution in [0.4, 0.5) is 0 Å². The zero-order valence-electron chi connectivity index (χ0n) is 10.1. The van der Waals surface area contributed by atoms with Gasteiger partial charge in [0.25, 0.3) is 0 Å². The maximum atomic E-state index is 12.0. The lowest BCUT2D eigenvalue weighted by atomic mass is 9.97. The Morgan fingerprint density at radius 3 is 2.78 bits per heavy atom. The third kappa shape index (κ3) is 2.36. The average molecular weight is 244 g/mol. The number of nitrogens with zero attached hydrogens (tertiary/aromatic N) is 2. The second-order valence-electron chi connectivity index (χ2n) is 4.45. The molecule has 1 fully saturated rings. The summed E-state index contributed by atoms with van der Waals surface area (Å²) in [4.78, 5) is 13.5. The first-order chi connectivity index (χ1) is 8.77. The normalized spacial score (nSPS) is 21.4. The molecule has 2 rings (SSSR count). The van der Waals surface area contributed by atoms with Crippen LogP contribution in [0.15, 0.2) is 30.3 Å². The highest BCUT2D eigenvalue weighted by molar-refractivity contribution is 5.78. The molecule has 18 heavy (non-hydrogen) atoms. The average Bonchev–Trinajstić information content (AvgIpc) is 2.42. The molecule has 2 atom stereocenters. The fourth-order valence-electron chi connectivity index (χ4n) is 2.44. The molecule has 0 aromatic heterocycles. The van der Waals surface area contributed by atoms with Crippen molar-refractivity contribution in [3.8, 4) is 6.07 Å². The van der Waals surface area contributed by atoms with Gasteiger partial charge in [-0.2, -0.15) is 5.26 Å². The fourth-order valence-corrected chi connectivity index (χ4v) is 2.44. The number of likely N-dealkylation sites (tertiary alicyclic amines) is 1. The molecule has 1 aromatic carbocycles. The van der Waals surface area contributed by atoms with Gasteiger partial charge in [-0.15, -0.1) is 0 Å². The Bertz CT molecular complexity index is 453. The maximum Gasteiger partial charge on any atom is 0.224 e. The minimum atomic E-state index is -0.427. The Hall–Kier alpha value is -1.86. The van der Waals surface area contributed by atoms with Crippen molar-refractivity contribution >= 4 is 5.91 Å². The van der Waals surface area contributed by atoms with E-state index in [4.69, 9.17) is 5.26 Å². The topological polar surface area (TPSA) is 64.3 Å². The van der Waals surface area contributed by atoms with E-state index in [0.717, 1.165) is 12.0 Å². The molecule has 0 unspecified atom stereocenters. The summed E-state index contributed by atoms with van der Waals surface area (Å²) in [6.07, 6.45) is 1.90. The molecule has 0 aliphatic carbocycles. The highest BCUT2D eigenvalue weighted by atomic mass is 16.3. The molecule has 94 valence electrons. The predicted molar refractivity (Wildman–Crippen MR) is 66.4 cm³/mol. The SMILES string of the molecule is N#C[C@H]1CCCC(=O)N1[C@@H](CO)c1ccccc1. The van der Waals surface area contributed by atoms with Crippen molar-refractivity contribution in [3.05, 3.63) is 35.9 Å². The van der Waals surface area contributed by atoms with E-state index in [2.05, 4.69) is 6.07 Å². The van der Waals surface area contributed by atoms with E-state index in [9.17, 15) is 9.90 Å². The van der Waals surface area contributed by atoms with Gasteiger partial charge >= 0.3 is 0 Å². The number of amides is 1. The molecule has 1 saturated heterocycles. The number of carbonyl (C=O) groups excluding carboxylic acids is 1. The lowest BCUT2D eigenvalue weighted by Gasteiger charge is -2.37. The molecule has 1 heterocycles. The highest BCUT2D eigenvalue weighted by Crippen LogP contribution is 2.28. The molecule has 1 aromatic rings. The quantitative estimate of drug-likeness (QED) is 0.878. The number of hydrogen-bond acceptors (Lipinski definition) is 3. The van der Waals surface area contributed by atoms with Crippen LogP contribution in [-0.4, -0.2) is 28.6 Å². The lowest BCUT2D eigenvalue weighted by molar-refractivity contribution is -0.139. The van der Waals surface area contributed by atoms with Crippen molar-refractivity contribution in [3.63, 3.8) is 0 Å². The van der Waals surface area contributed by atoms with Gasteiger partial charge in [-0.1, -0.05) is 30.3 Å². The second kappa shape index (κ2) is 5.65. The van der Waals surface area contributed by atoms with Crippen molar-refractivity contribution < 1.29 is 9.90 Å². The molecular formula is C14H16N2O2. The summed E-state index contributed by atoms with van der Waals surface area (Å²) in [6, 6.07) is 10.7. The number of aliphatic hydroxyl groups excluding tert-OH is 1. The van der Waals surface area contributed by atoms with Crippen molar-refractivity contribution in [2.45, 2.75) is 31.3 Å². The number of piperidine rings is 1. The van der Waals surface area contributed by atoms with Crippen molar-refractivity contribution in [2.24, 2.45) is 0 Å². The summed E-state index contributed by atoms with van der Waals surface area (Å²) in [7, 11) is 0. The van der Waals surface area contributed by atoms with Crippen LogP contribution in [0, 0.1) is 11.3 Å². The first-order valence-corrected chi connectivity index (χ1v) is 6.14. The summed E-state index contributed by atoms with van der Waals surface area (Å²) in [5.74, 6) is -0.0456. The molecule has 4 heteroatoms. The molecule has 1 N–H and O–H groups in total. The first-order valence-electron chi connectivity index (χ1n) is 6.14. The summed E-state index contributed by atoms with van der Waals surface area (Å²) >= 11 is 0. The van der Waals surface area contributed by atoms with Gasteiger partial charge in [-0.3, -0.25) is 4.79 Å². The van der Waals surface area contributed by atoms with Gasteiger partial charge < -0.3 is 10.0 Å². The third-order valence-electron chi connectivity index (χ3n) is 3.33. The largest absolute Gasteiger partial charge is 0.394 e. The summed E-state index contributed by atoms with van der Waals surface area (Å²) in [6.45, 7) is -0.159. The van der Waals surface area contributed by atoms with Crippen LogP contribution in [0.5, 0.6) is 0 Å². The van der Waals surface area contributed by atoms with Gasteiger partial charge in [0.05, 0.1) is 18.7 Å². The Balaban J connectivity index is 2.31. The molecule has 1 aliphatic rings. The van der Waals surface area contributed by atoms with Gasteiger partial charge in [0.1, 0.15) is 6.04 Å². The number of carbonyl (C=O) groups is 1. The minimum Gasteiger partial charge on any atom is -0.394 e. The summed E-state index contributed by atoms with van der Waals surface area (Å²) in [5.41, 5.74) is 0.871. The predicted octanol–water partition coefficient (Wildman–Crippen LogP) is 1.62. The molecule has 1 amide bonds. The van der Waals surface area contributed by atoms with Crippen LogP contribution in [-0.2, 0) is 4.79 Å². The van der Waals surface area contributed by atoms with E-state index in [0.29, 0.717) is 12.8 Å². The van der Waals surface area contributed by atoms with E-state index in [1.807, 2.05) is 30.3 Å². The van der Waals surface area contributed by atoms with Crippen LogP contribution in [0.2, 0.25) is 0 Å². The van der Waals surface area contributed by atoms with E-state index in [1.54, 1.807) is 4.90 Å². The lowest BCUT2D eigenvalue weighted by Crippen LogP contribution is -2.46. The zero-order chi connectivity index (χ0) is 13.0. The van der Waals surface area contributed by atoms with E-state index in [1.165, 1.54) is 0 Å². The van der Waals surface area contributed by atoms with Crippen molar-refractivity contribution in [2.75, 3.05) is 6.61 Å². The molecule has 0 radical (unpaired) electrons. The standard InChI is InChI=1S/C14H16N2O2/c15-9-12-7-4-8-14(18)16(12)13(10-17)11-5-2-1-3-6-11/h1-3,5-6,12-13,17H,4,7-8,10H2/t12-,13+/m1/s1. The van der Waals surface area contributed by atoms with Crippen LogP contribution >= 0.6 is 0 Å². The van der Waals surface area contributed by atoms with Gasteiger partial charge in [0, 0.05) is 6.42 Å². The van der Waals surface area contributed by atoms with Crippen LogP contribution in [0.25, 0.3) is 0 Å². The van der Waals surface area contributed by atoms with Crippen LogP contribution < -0.4 is 0 Å². The Morgan fingerprint density at radius 2 is 2.17 bits per heavy atom. The minimum absolute atomic E-state index is 0.0456. The van der Waals surface area contributed by atoms with Crippen LogP contribution in [0.1, 0.15) is 30.9 Å². The third-order valence-corrected chi connectivity index (χ3v) is 3.33. The van der Waals surface area contributed by atoms with Gasteiger partial charge in [0.2, 0.25) is 5.91 Å². The second-order valence-corrected chi connectivity index (χ2v) is 4.45. The number of aliphatic hydroxyl groups is 1. The van der Waals surface area contributed by atoms with Crippen molar-refractivity contribution in [1.29, 1.82) is 5.26 Å². The Morgan fingerprint density at radius 1 is 1.44 bits per heavy atom. The maximum absolute atomic E-state index is 12.0. The number of hydrogen-bond donors (Lipinski definition) is 1.